The summed E-state index contributed by atoms with van der Waals surface area (Å²) in [6.07, 6.45) is 2.33. The molecule has 122 valence electrons. The second kappa shape index (κ2) is 6.99. The minimum atomic E-state index is -0.941. The fourth-order valence-corrected chi connectivity index (χ4v) is 2.30. The summed E-state index contributed by atoms with van der Waals surface area (Å²) in [5, 5.41) is 23.0. The Balaban J connectivity index is 2.12. The van der Waals surface area contributed by atoms with Crippen LogP contribution in [0.25, 0.3) is 5.69 Å². The number of carbonyl (C=O) groups excluding carboxylic acids is 1. The van der Waals surface area contributed by atoms with Crippen molar-refractivity contribution in [2.45, 2.75) is 26.7 Å². The molecule has 2 N–H and O–H groups in total. The first-order valence-corrected chi connectivity index (χ1v) is 7.37. The first kappa shape index (κ1) is 16.6. The predicted octanol–water partition coefficient (Wildman–Crippen LogP) is 1.28. The maximum absolute atomic E-state index is 12.3. The van der Waals surface area contributed by atoms with E-state index in [-0.39, 0.29) is 12.5 Å². The number of benzene rings is 1. The standard InChI is InChI=1S/C15H19N5O3/c1-3-15(4-2,14(22)23)9-16-13(21)11-6-5-7-12(8-11)20-10-17-18-19-20/h5-8,10H,3-4,9H2,1-2H3,(H,16,21)(H,22,23). The van der Waals surface area contributed by atoms with Gasteiger partial charge in [0.1, 0.15) is 6.33 Å². The van der Waals surface area contributed by atoms with Crippen LogP contribution in [0.2, 0.25) is 0 Å². The molecule has 0 fully saturated rings. The highest BCUT2D eigenvalue weighted by molar-refractivity contribution is 5.95. The number of hydrogen-bond donors (Lipinski definition) is 2. The maximum Gasteiger partial charge on any atom is 0.311 e. The molecular formula is C15H19N5O3. The van der Waals surface area contributed by atoms with E-state index in [4.69, 9.17) is 0 Å². The first-order chi connectivity index (χ1) is 11.0. The van der Waals surface area contributed by atoms with Gasteiger partial charge in [-0.3, -0.25) is 9.59 Å². The molecule has 0 saturated heterocycles. The fourth-order valence-electron chi connectivity index (χ4n) is 2.30. The molecule has 1 aromatic carbocycles. The average molecular weight is 317 g/mol. The lowest BCUT2D eigenvalue weighted by Crippen LogP contribution is -2.42. The summed E-state index contributed by atoms with van der Waals surface area (Å²) in [7, 11) is 0. The summed E-state index contributed by atoms with van der Waals surface area (Å²) in [4.78, 5) is 23.8. The van der Waals surface area contributed by atoms with E-state index in [9.17, 15) is 14.7 Å². The zero-order valence-corrected chi connectivity index (χ0v) is 13.1. The molecule has 2 rings (SSSR count). The van der Waals surface area contributed by atoms with E-state index in [1.54, 1.807) is 24.3 Å². The Bertz CT molecular complexity index is 680. The summed E-state index contributed by atoms with van der Waals surface area (Å²) >= 11 is 0. The molecule has 0 aliphatic rings. The molecule has 0 atom stereocenters. The highest BCUT2D eigenvalue weighted by Crippen LogP contribution is 2.25. The third-order valence-corrected chi connectivity index (χ3v) is 4.12. The van der Waals surface area contributed by atoms with Gasteiger partial charge in [-0.2, -0.15) is 0 Å². The van der Waals surface area contributed by atoms with Gasteiger partial charge < -0.3 is 10.4 Å². The van der Waals surface area contributed by atoms with E-state index in [0.717, 1.165) is 0 Å². The molecule has 0 spiro atoms. The molecular weight excluding hydrogens is 298 g/mol. The van der Waals surface area contributed by atoms with Crippen LogP contribution in [-0.4, -0.2) is 43.7 Å². The summed E-state index contributed by atoms with van der Waals surface area (Å²) in [6, 6.07) is 6.79. The van der Waals surface area contributed by atoms with Crippen molar-refractivity contribution in [1.82, 2.24) is 25.5 Å². The van der Waals surface area contributed by atoms with Gasteiger partial charge in [-0.15, -0.1) is 5.10 Å². The second-order valence-corrected chi connectivity index (χ2v) is 5.28. The van der Waals surface area contributed by atoms with Gasteiger partial charge in [0, 0.05) is 12.1 Å². The van der Waals surface area contributed by atoms with Crippen molar-refractivity contribution in [3.63, 3.8) is 0 Å². The molecule has 0 radical (unpaired) electrons. The fraction of sp³-hybridized carbons (Fsp3) is 0.400. The third kappa shape index (κ3) is 3.53. The zero-order chi connectivity index (χ0) is 16.9. The Morgan fingerprint density at radius 2 is 2.04 bits per heavy atom. The van der Waals surface area contributed by atoms with Crippen molar-refractivity contribution in [3.8, 4) is 5.69 Å². The van der Waals surface area contributed by atoms with Gasteiger partial charge >= 0.3 is 5.97 Å². The Hall–Kier alpha value is -2.77. The largest absolute Gasteiger partial charge is 0.481 e. The van der Waals surface area contributed by atoms with E-state index >= 15 is 0 Å². The molecule has 2 aromatic rings. The number of rotatable bonds is 7. The van der Waals surface area contributed by atoms with Gasteiger partial charge in [-0.25, -0.2) is 4.68 Å². The summed E-state index contributed by atoms with van der Waals surface area (Å²) in [5.41, 5.74) is 0.131. The summed E-state index contributed by atoms with van der Waals surface area (Å²) in [5.74, 6) is -1.22. The Labute approximate surface area is 133 Å². The van der Waals surface area contributed by atoms with Gasteiger partial charge in [0.2, 0.25) is 0 Å². The monoisotopic (exact) mass is 317 g/mol. The SMILES string of the molecule is CCC(CC)(CNC(=O)c1cccc(-n2cnnn2)c1)C(=O)O. The number of hydrogen-bond acceptors (Lipinski definition) is 5. The van der Waals surface area contributed by atoms with Gasteiger partial charge in [-0.1, -0.05) is 19.9 Å². The van der Waals surface area contributed by atoms with Gasteiger partial charge in [0.15, 0.2) is 0 Å². The molecule has 1 heterocycles. The lowest BCUT2D eigenvalue weighted by molar-refractivity contribution is -0.149. The lowest BCUT2D eigenvalue weighted by atomic mass is 9.82. The van der Waals surface area contributed by atoms with Crippen molar-refractivity contribution in [1.29, 1.82) is 0 Å². The number of amides is 1. The minimum absolute atomic E-state index is 0.0866. The molecule has 0 aliphatic heterocycles. The number of nitrogens with one attached hydrogen (secondary N) is 1. The molecule has 0 aliphatic carbocycles. The van der Waals surface area contributed by atoms with Crippen LogP contribution >= 0.6 is 0 Å². The number of carboxylic acid groups (broad SMARTS) is 1. The lowest BCUT2D eigenvalue weighted by Gasteiger charge is -2.26. The van der Waals surface area contributed by atoms with Crippen molar-refractivity contribution in [2.75, 3.05) is 6.54 Å². The van der Waals surface area contributed by atoms with Gasteiger partial charge in [0.25, 0.3) is 5.91 Å². The molecule has 23 heavy (non-hydrogen) atoms. The van der Waals surface area contributed by atoms with Crippen LogP contribution in [0.4, 0.5) is 0 Å². The van der Waals surface area contributed by atoms with E-state index in [1.165, 1.54) is 11.0 Å². The Morgan fingerprint density at radius 1 is 1.30 bits per heavy atom. The van der Waals surface area contributed by atoms with E-state index in [1.807, 2.05) is 13.8 Å². The number of tetrazole rings is 1. The van der Waals surface area contributed by atoms with Crippen molar-refractivity contribution < 1.29 is 14.7 Å². The minimum Gasteiger partial charge on any atom is -0.481 e. The molecule has 8 nitrogen and oxygen atoms in total. The first-order valence-electron chi connectivity index (χ1n) is 7.37. The number of carboxylic acids is 1. The van der Waals surface area contributed by atoms with Crippen LogP contribution < -0.4 is 5.32 Å². The van der Waals surface area contributed by atoms with Crippen molar-refractivity contribution in [3.05, 3.63) is 36.2 Å². The van der Waals surface area contributed by atoms with E-state index in [0.29, 0.717) is 24.1 Å². The molecule has 8 heteroatoms. The van der Waals surface area contributed by atoms with Crippen LogP contribution in [0.3, 0.4) is 0 Å². The van der Waals surface area contributed by atoms with Gasteiger partial charge in [0.05, 0.1) is 11.1 Å². The predicted molar refractivity (Wildman–Crippen MR) is 82.1 cm³/mol. The number of carbonyl (C=O) groups is 2. The highest BCUT2D eigenvalue weighted by atomic mass is 16.4. The number of nitrogens with zero attached hydrogens (tertiary/aromatic N) is 4. The molecule has 1 aromatic heterocycles. The van der Waals surface area contributed by atoms with Crippen LogP contribution in [0.15, 0.2) is 30.6 Å². The van der Waals surface area contributed by atoms with Crippen molar-refractivity contribution >= 4 is 11.9 Å². The van der Waals surface area contributed by atoms with Crippen molar-refractivity contribution in [2.24, 2.45) is 5.41 Å². The van der Waals surface area contributed by atoms with Crippen LogP contribution in [0.1, 0.15) is 37.0 Å². The molecule has 1 amide bonds. The zero-order valence-electron chi connectivity index (χ0n) is 13.1. The Morgan fingerprint density at radius 3 is 2.61 bits per heavy atom. The Kier molecular flexibility index (Phi) is 5.05. The van der Waals surface area contributed by atoms with Crippen LogP contribution in [0.5, 0.6) is 0 Å². The normalized spacial score (nSPS) is 11.2. The third-order valence-electron chi connectivity index (χ3n) is 4.12. The number of aromatic nitrogens is 4. The van der Waals surface area contributed by atoms with Gasteiger partial charge in [-0.05, 0) is 41.5 Å². The van der Waals surface area contributed by atoms with Crippen LogP contribution in [-0.2, 0) is 4.79 Å². The molecule has 0 unspecified atom stereocenters. The quantitative estimate of drug-likeness (QED) is 0.796. The summed E-state index contributed by atoms with van der Waals surface area (Å²) in [6.45, 7) is 3.70. The molecule has 0 bridgehead atoms. The van der Waals surface area contributed by atoms with E-state index in [2.05, 4.69) is 20.8 Å². The second-order valence-electron chi connectivity index (χ2n) is 5.28. The molecule has 0 saturated carbocycles. The van der Waals surface area contributed by atoms with Crippen LogP contribution in [0, 0.1) is 5.41 Å². The highest BCUT2D eigenvalue weighted by Gasteiger charge is 2.35. The maximum atomic E-state index is 12.3. The smallest absolute Gasteiger partial charge is 0.311 e. The van der Waals surface area contributed by atoms with E-state index < -0.39 is 11.4 Å². The average Bonchev–Trinajstić information content (AvgIpc) is 3.10. The summed E-state index contributed by atoms with van der Waals surface area (Å²) < 4.78 is 1.44. The number of aliphatic carboxylic acids is 1. The topological polar surface area (TPSA) is 110 Å².